The number of hydrogen-bond acceptors (Lipinski definition) is 1. The SMILES string of the molecule is CC1C=C(c2nc3ccccc3n2-c2ccccc2)C=CC1C1C2=CCCC=C2C(C2=Cc3ccccc3CC2)=C2C=CC=CC21C. The molecule has 0 fully saturated rings. The van der Waals surface area contributed by atoms with Crippen molar-refractivity contribution in [2.24, 2.45) is 23.2 Å². The maximum atomic E-state index is 5.20. The first kappa shape index (κ1) is 28.3. The number of imidazole rings is 1. The van der Waals surface area contributed by atoms with Crippen LogP contribution in [-0.2, 0) is 6.42 Å². The largest absolute Gasteiger partial charge is 0.292 e. The fraction of sp³-hybridized carbons (Fsp3) is 0.222. The molecule has 230 valence electrons. The van der Waals surface area contributed by atoms with Gasteiger partial charge in [-0.05, 0) is 101 Å². The summed E-state index contributed by atoms with van der Waals surface area (Å²) in [5.41, 5.74) is 14.8. The summed E-state index contributed by atoms with van der Waals surface area (Å²) < 4.78 is 2.32. The van der Waals surface area contributed by atoms with Gasteiger partial charge in [0.1, 0.15) is 5.82 Å². The zero-order chi connectivity index (χ0) is 31.5. The van der Waals surface area contributed by atoms with Gasteiger partial charge in [-0.3, -0.25) is 4.57 Å². The lowest BCUT2D eigenvalue weighted by Gasteiger charge is -2.51. The van der Waals surface area contributed by atoms with Crippen molar-refractivity contribution in [1.82, 2.24) is 9.55 Å². The molecule has 5 aliphatic carbocycles. The van der Waals surface area contributed by atoms with E-state index in [2.05, 4.69) is 158 Å². The monoisotopic (exact) mass is 608 g/mol. The second-order valence-corrected chi connectivity index (χ2v) is 14.0. The normalized spacial score (nSPS) is 26.2. The molecule has 2 heteroatoms. The molecule has 0 saturated heterocycles. The molecule has 9 rings (SSSR count). The van der Waals surface area contributed by atoms with Gasteiger partial charge in [-0.15, -0.1) is 0 Å². The van der Waals surface area contributed by atoms with Gasteiger partial charge >= 0.3 is 0 Å². The molecule has 4 unspecified atom stereocenters. The van der Waals surface area contributed by atoms with E-state index in [1.54, 1.807) is 5.57 Å². The van der Waals surface area contributed by atoms with Gasteiger partial charge in [0, 0.05) is 22.6 Å². The van der Waals surface area contributed by atoms with Gasteiger partial charge in [0.05, 0.1) is 11.0 Å². The van der Waals surface area contributed by atoms with Crippen molar-refractivity contribution in [1.29, 1.82) is 0 Å². The highest BCUT2D eigenvalue weighted by molar-refractivity contribution is 5.85. The van der Waals surface area contributed by atoms with E-state index in [0.717, 1.165) is 48.2 Å². The average molecular weight is 609 g/mol. The number of hydrogen-bond donors (Lipinski definition) is 0. The van der Waals surface area contributed by atoms with Crippen LogP contribution in [0.15, 0.2) is 161 Å². The van der Waals surface area contributed by atoms with E-state index in [-0.39, 0.29) is 5.41 Å². The van der Waals surface area contributed by atoms with Crippen molar-refractivity contribution in [3.05, 3.63) is 178 Å². The minimum atomic E-state index is -0.103. The third kappa shape index (κ3) is 4.49. The molecule has 0 amide bonds. The molecule has 2 nitrogen and oxygen atoms in total. The molecule has 0 radical (unpaired) electrons. The van der Waals surface area contributed by atoms with Gasteiger partial charge < -0.3 is 0 Å². The Morgan fingerprint density at radius 1 is 0.830 bits per heavy atom. The average Bonchev–Trinajstić information content (AvgIpc) is 3.51. The van der Waals surface area contributed by atoms with Crippen molar-refractivity contribution in [3.63, 3.8) is 0 Å². The molecule has 1 aromatic heterocycles. The maximum Gasteiger partial charge on any atom is 0.145 e. The number of rotatable bonds is 4. The maximum absolute atomic E-state index is 5.20. The van der Waals surface area contributed by atoms with Crippen molar-refractivity contribution in [2.45, 2.75) is 39.5 Å². The molecule has 0 saturated carbocycles. The standard InChI is InChI=1S/C45H40N2/c1-30-28-34(44-46-40-21-10-11-22-41(40)47(44)35-16-4-3-5-17-35)25-26-36(30)43-38-19-9-8-18-37(38)42(39-20-12-13-27-45(39,43)2)33-24-23-31-14-6-7-15-32(31)29-33/h3-7,10-22,25-30,36,43H,8-9,23-24H2,1-2H3. The van der Waals surface area contributed by atoms with E-state index in [4.69, 9.17) is 4.98 Å². The summed E-state index contributed by atoms with van der Waals surface area (Å²) in [6.07, 6.45) is 28.9. The summed E-state index contributed by atoms with van der Waals surface area (Å²) in [5, 5.41) is 0. The third-order valence-electron chi connectivity index (χ3n) is 11.2. The van der Waals surface area contributed by atoms with E-state index >= 15 is 0 Å². The van der Waals surface area contributed by atoms with Crippen LogP contribution in [0.5, 0.6) is 0 Å². The number of aryl methyl sites for hydroxylation is 1. The zero-order valence-corrected chi connectivity index (χ0v) is 27.2. The Hall–Kier alpha value is -4.95. The number of allylic oxidation sites excluding steroid dienone is 15. The third-order valence-corrected chi connectivity index (χ3v) is 11.2. The summed E-state index contributed by atoms with van der Waals surface area (Å²) >= 11 is 0. The van der Waals surface area contributed by atoms with Crippen LogP contribution in [0.1, 0.15) is 50.1 Å². The van der Waals surface area contributed by atoms with Crippen molar-refractivity contribution >= 4 is 22.7 Å². The van der Waals surface area contributed by atoms with E-state index in [9.17, 15) is 0 Å². The molecular formula is C45H40N2. The van der Waals surface area contributed by atoms with Crippen molar-refractivity contribution in [3.8, 4) is 5.69 Å². The fourth-order valence-electron chi connectivity index (χ4n) is 9.05. The van der Waals surface area contributed by atoms with Crippen LogP contribution in [0.3, 0.4) is 0 Å². The van der Waals surface area contributed by atoms with E-state index in [1.165, 1.54) is 39.0 Å². The molecule has 0 bridgehead atoms. The van der Waals surface area contributed by atoms with Gasteiger partial charge in [0.2, 0.25) is 0 Å². The van der Waals surface area contributed by atoms with Crippen LogP contribution in [-0.4, -0.2) is 9.55 Å². The minimum absolute atomic E-state index is 0.103. The summed E-state index contributed by atoms with van der Waals surface area (Å²) in [6.45, 7) is 4.92. The van der Waals surface area contributed by atoms with Crippen LogP contribution in [0.4, 0.5) is 0 Å². The summed E-state index contributed by atoms with van der Waals surface area (Å²) in [4.78, 5) is 5.20. The zero-order valence-electron chi connectivity index (χ0n) is 27.2. The minimum Gasteiger partial charge on any atom is -0.292 e. The first-order valence-electron chi connectivity index (χ1n) is 17.3. The highest BCUT2D eigenvalue weighted by Crippen LogP contribution is 2.60. The smallest absolute Gasteiger partial charge is 0.145 e. The number of para-hydroxylation sites is 3. The number of benzene rings is 3. The molecule has 0 N–H and O–H groups in total. The van der Waals surface area contributed by atoms with Crippen LogP contribution in [0.2, 0.25) is 0 Å². The molecule has 1 heterocycles. The van der Waals surface area contributed by atoms with Crippen molar-refractivity contribution < 1.29 is 0 Å². The van der Waals surface area contributed by atoms with Gasteiger partial charge in [-0.25, -0.2) is 4.98 Å². The molecule has 4 atom stereocenters. The second-order valence-electron chi connectivity index (χ2n) is 14.0. The molecule has 4 aromatic rings. The Bertz CT molecular complexity index is 2170. The Morgan fingerprint density at radius 3 is 2.53 bits per heavy atom. The summed E-state index contributed by atoms with van der Waals surface area (Å²) in [5.74, 6) is 2.06. The molecule has 47 heavy (non-hydrogen) atoms. The lowest BCUT2D eigenvalue weighted by Crippen LogP contribution is -2.42. The lowest BCUT2D eigenvalue weighted by molar-refractivity contribution is 0.242. The Kier molecular flexibility index (Phi) is 6.68. The van der Waals surface area contributed by atoms with Gasteiger partial charge in [0.25, 0.3) is 0 Å². The first-order valence-corrected chi connectivity index (χ1v) is 17.3. The number of fused-ring (bicyclic) bond motifs is 4. The lowest BCUT2D eigenvalue weighted by atomic mass is 9.52. The second kappa shape index (κ2) is 11.1. The first-order chi connectivity index (χ1) is 23.1. The van der Waals surface area contributed by atoms with Crippen LogP contribution >= 0.6 is 0 Å². The predicted octanol–water partition coefficient (Wildman–Crippen LogP) is 11.0. The molecule has 0 aliphatic heterocycles. The Labute approximate surface area is 278 Å². The van der Waals surface area contributed by atoms with Crippen LogP contribution in [0.25, 0.3) is 28.4 Å². The topological polar surface area (TPSA) is 17.8 Å². The summed E-state index contributed by atoms with van der Waals surface area (Å²) in [7, 11) is 0. The van der Waals surface area contributed by atoms with Crippen molar-refractivity contribution in [2.75, 3.05) is 0 Å². The van der Waals surface area contributed by atoms with Crippen LogP contribution in [0, 0.1) is 23.2 Å². The van der Waals surface area contributed by atoms with E-state index < -0.39 is 0 Å². The number of nitrogens with zero attached hydrogens (tertiary/aromatic N) is 2. The van der Waals surface area contributed by atoms with Gasteiger partial charge in [-0.1, -0.05) is 129 Å². The van der Waals surface area contributed by atoms with E-state index in [0.29, 0.717) is 17.8 Å². The van der Waals surface area contributed by atoms with Crippen LogP contribution < -0.4 is 0 Å². The summed E-state index contributed by atoms with van der Waals surface area (Å²) in [6, 6.07) is 28.1. The highest BCUT2D eigenvalue weighted by Gasteiger charge is 2.49. The van der Waals surface area contributed by atoms with Gasteiger partial charge in [0.15, 0.2) is 0 Å². The van der Waals surface area contributed by atoms with Gasteiger partial charge in [-0.2, -0.15) is 0 Å². The molecule has 0 spiro atoms. The molecule has 3 aromatic carbocycles. The van der Waals surface area contributed by atoms with E-state index in [1.807, 2.05) is 0 Å². The highest BCUT2D eigenvalue weighted by atomic mass is 15.1. The fourth-order valence-corrected chi connectivity index (χ4v) is 9.05. The Morgan fingerprint density at radius 2 is 1.64 bits per heavy atom. The number of aromatic nitrogens is 2. The molecular weight excluding hydrogens is 569 g/mol. The Balaban J connectivity index is 1.15. The predicted molar refractivity (Wildman–Crippen MR) is 196 cm³/mol. The molecule has 5 aliphatic rings. The quantitative estimate of drug-likeness (QED) is 0.225.